The van der Waals surface area contributed by atoms with E-state index < -0.39 is 0 Å². The summed E-state index contributed by atoms with van der Waals surface area (Å²) in [5, 5.41) is 6.21. The molecule has 0 aliphatic heterocycles. The summed E-state index contributed by atoms with van der Waals surface area (Å²) >= 11 is 0. The number of hydrogen-bond acceptors (Lipinski definition) is 2. The van der Waals surface area contributed by atoms with E-state index in [-0.39, 0.29) is 5.91 Å². The van der Waals surface area contributed by atoms with Crippen LogP contribution in [0.25, 0.3) is 0 Å². The Labute approximate surface area is 80.3 Å². The molecule has 1 amide bonds. The van der Waals surface area contributed by atoms with Crippen LogP contribution in [0.4, 0.5) is 0 Å². The molecule has 1 fully saturated rings. The number of carbonyl (C=O) groups excluding carboxylic acids is 1. The van der Waals surface area contributed by atoms with Gasteiger partial charge >= 0.3 is 0 Å². The summed E-state index contributed by atoms with van der Waals surface area (Å²) in [5.41, 5.74) is 0.326. The van der Waals surface area contributed by atoms with E-state index in [1.807, 2.05) is 6.92 Å². The molecular formula is C10H20N2O. The zero-order chi connectivity index (χ0) is 9.73. The van der Waals surface area contributed by atoms with Crippen LogP contribution < -0.4 is 10.6 Å². The SMILES string of the molecule is CCNC(=O)CCNC1(C)CCC1. The second-order valence-corrected chi connectivity index (χ2v) is 4.04. The van der Waals surface area contributed by atoms with E-state index in [0.717, 1.165) is 13.1 Å². The highest BCUT2D eigenvalue weighted by atomic mass is 16.1. The lowest BCUT2D eigenvalue weighted by atomic mass is 9.78. The van der Waals surface area contributed by atoms with Gasteiger partial charge < -0.3 is 10.6 Å². The first-order valence-electron chi connectivity index (χ1n) is 5.18. The fourth-order valence-electron chi connectivity index (χ4n) is 1.65. The first-order valence-corrected chi connectivity index (χ1v) is 5.18. The fourth-order valence-corrected chi connectivity index (χ4v) is 1.65. The lowest BCUT2D eigenvalue weighted by Gasteiger charge is -2.39. The van der Waals surface area contributed by atoms with Crippen molar-refractivity contribution < 1.29 is 4.79 Å². The van der Waals surface area contributed by atoms with Crippen molar-refractivity contribution >= 4 is 5.91 Å². The average Bonchev–Trinajstić information content (AvgIpc) is 2.02. The van der Waals surface area contributed by atoms with Gasteiger partial charge in [-0.2, -0.15) is 0 Å². The van der Waals surface area contributed by atoms with E-state index >= 15 is 0 Å². The highest BCUT2D eigenvalue weighted by molar-refractivity contribution is 5.75. The molecule has 0 bridgehead atoms. The van der Waals surface area contributed by atoms with Crippen LogP contribution in [0, 0.1) is 0 Å². The molecule has 0 aromatic rings. The molecule has 0 radical (unpaired) electrons. The lowest BCUT2D eigenvalue weighted by molar-refractivity contribution is -0.120. The summed E-state index contributed by atoms with van der Waals surface area (Å²) in [6, 6.07) is 0. The molecule has 1 rings (SSSR count). The van der Waals surface area contributed by atoms with Crippen molar-refractivity contribution in [2.75, 3.05) is 13.1 Å². The smallest absolute Gasteiger partial charge is 0.221 e. The van der Waals surface area contributed by atoms with Gasteiger partial charge in [0.1, 0.15) is 0 Å². The molecule has 2 N–H and O–H groups in total. The highest BCUT2D eigenvalue weighted by Gasteiger charge is 2.30. The third kappa shape index (κ3) is 3.35. The summed E-state index contributed by atoms with van der Waals surface area (Å²) < 4.78 is 0. The summed E-state index contributed by atoms with van der Waals surface area (Å²) in [6.07, 6.45) is 4.43. The third-order valence-electron chi connectivity index (χ3n) is 2.73. The molecule has 13 heavy (non-hydrogen) atoms. The van der Waals surface area contributed by atoms with Gasteiger partial charge in [0.2, 0.25) is 5.91 Å². The van der Waals surface area contributed by atoms with Crippen molar-refractivity contribution in [1.82, 2.24) is 10.6 Å². The van der Waals surface area contributed by atoms with E-state index in [1.165, 1.54) is 19.3 Å². The molecule has 1 saturated carbocycles. The molecule has 0 atom stereocenters. The van der Waals surface area contributed by atoms with Crippen LogP contribution in [0.5, 0.6) is 0 Å². The minimum atomic E-state index is 0.151. The maximum Gasteiger partial charge on any atom is 0.221 e. The molecule has 3 nitrogen and oxygen atoms in total. The van der Waals surface area contributed by atoms with E-state index in [4.69, 9.17) is 0 Å². The summed E-state index contributed by atoms with van der Waals surface area (Å²) in [5.74, 6) is 0.151. The molecular weight excluding hydrogens is 164 g/mol. The fraction of sp³-hybridized carbons (Fsp3) is 0.900. The van der Waals surface area contributed by atoms with Crippen molar-refractivity contribution in [2.24, 2.45) is 0 Å². The van der Waals surface area contributed by atoms with Crippen molar-refractivity contribution in [3.63, 3.8) is 0 Å². The summed E-state index contributed by atoms with van der Waals surface area (Å²) in [7, 11) is 0. The normalized spacial score (nSPS) is 19.2. The molecule has 0 saturated heterocycles. The van der Waals surface area contributed by atoms with Gasteiger partial charge in [-0.3, -0.25) is 4.79 Å². The molecule has 76 valence electrons. The van der Waals surface area contributed by atoms with Gasteiger partial charge in [0, 0.05) is 25.0 Å². The number of amides is 1. The quantitative estimate of drug-likeness (QED) is 0.670. The van der Waals surface area contributed by atoms with Gasteiger partial charge in [0.15, 0.2) is 0 Å². The Balaban J connectivity index is 2.03. The van der Waals surface area contributed by atoms with Crippen LogP contribution in [0.15, 0.2) is 0 Å². The van der Waals surface area contributed by atoms with Crippen LogP contribution >= 0.6 is 0 Å². The Morgan fingerprint density at radius 2 is 2.15 bits per heavy atom. The van der Waals surface area contributed by atoms with Crippen molar-refractivity contribution in [2.45, 2.75) is 45.1 Å². The maximum atomic E-state index is 11.1. The highest BCUT2D eigenvalue weighted by Crippen LogP contribution is 2.30. The molecule has 3 heteroatoms. The van der Waals surface area contributed by atoms with Crippen LogP contribution in [0.1, 0.15) is 39.5 Å². The number of nitrogens with one attached hydrogen (secondary N) is 2. The first-order chi connectivity index (χ1) is 6.16. The average molecular weight is 184 g/mol. The van der Waals surface area contributed by atoms with Gasteiger partial charge in [-0.25, -0.2) is 0 Å². The second-order valence-electron chi connectivity index (χ2n) is 4.04. The van der Waals surface area contributed by atoms with Crippen molar-refractivity contribution in [1.29, 1.82) is 0 Å². The Bertz CT molecular complexity index is 176. The van der Waals surface area contributed by atoms with Crippen molar-refractivity contribution in [3.8, 4) is 0 Å². The predicted octanol–water partition coefficient (Wildman–Crippen LogP) is 1.04. The molecule has 1 aliphatic carbocycles. The minimum Gasteiger partial charge on any atom is -0.356 e. The molecule has 1 aliphatic rings. The van der Waals surface area contributed by atoms with Crippen LogP contribution in [0.2, 0.25) is 0 Å². The Morgan fingerprint density at radius 3 is 2.62 bits per heavy atom. The minimum absolute atomic E-state index is 0.151. The van der Waals surface area contributed by atoms with Crippen molar-refractivity contribution in [3.05, 3.63) is 0 Å². The molecule has 0 aromatic carbocycles. The van der Waals surface area contributed by atoms with Gasteiger partial charge in [-0.1, -0.05) is 0 Å². The number of carbonyl (C=O) groups is 1. The van der Waals surface area contributed by atoms with Gasteiger partial charge in [-0.05, 0) is 33.1 Å². The lowest BCUT2D eigenvalue weighted by Crippen LogP contribution is -2.49. The Kier molecular flexibility index (Phi) is 3.72. The first kappa shape index (κ1) is 10.5. The van der Waals surface area contributed by atoms with E-state index in [9.17, 15) is 4.79 Å². The molecule has 0 spiro atoms. The number of hydrogen-bond donors (Lipinski definition) is 2. The third-order valence-corrected chi connectivity index (χ3v) is 2.73. The van der Waals surface area contributed by atoms with E-state index in [0.29, 0.717) is 12.0 Å². The largest absolute Gasteiger partial charge is 0.356 e. The second kappa shape index (κ2) is 4.61. The Hall–Kier alpha value is -0.570. The van der Waals surface area contributed by atoms with Crippen LogP contribution in [-0.4, -0.2) is 24.5 Å². The zero-order valence-electron chi connectivity index (χ0n) is 8.65. The van der Waals surface area contributed by atoms with E-state index in [1.54, 1.807) is 0 Å². The summed E-state index contributed by atoms with van der Waals surface area (Å²) in [4.78, 5) is 11.1. The monoisotopic (exact) mass is 184 g/mol. The molecule has 0 unspecified atom stereocenters. The molecule has 0 heterocycles. The number of rotatable bonds is 5. The maximum absolute atomic E-state index is 11.1. The van der Waals surface area contributed by atoms with Gasteiger partial charge in [0.05, 0.1) is 0 Å². The van der Waals surface area contributed by atoms with E-state index in [2.05, 4.69) is 17.6 Å². The summed E-state index contributed by atoms with van der Waals surface area (Å²) in [6.45, 7) is 5.71. The standard InChI is InChI=1S/C10H20N2O/c1-3-11-9(13)5-8-12-10(2)6-4-7-10/h12H,3-8H2,1-2H3,(H,11,13). The van der Waals surface area contributed by atoms with Gasteiger partial charge in [-0.15, -0.1) is 0 Å². The zero-order valence-corrected chi connectivity index (χ0v) is 8.65. The van der Waals surface area contributed by atoms with Crippen LogP contribution in [-0.2, 0) is 4.79 Å². The Morgan fingerprint density at radius 1 is 1.46 bits per heavy atom. The van der Waals surface area contributed by atoms with Crippen LogP contribution in [0.3, 0.4) is 0 Å². The topological polar surface area (TPSA) is 41.1 Å². The predicted molar refractivity (Wildman–Crippen MR) is 53.6 cm³/mol. The van der Waals surface area contributed by atoms with Gasteiger partial charge in [0.25, 0.3) is 0 Å². The molecule has 0 aromatic heterocycles.